The van der Waals surface area contributed by atoms with E-state index in [1.807, 2.05) is 18.4 Å². The van der Waals surface area contributed by atoms with E-state index in [9.17, 15) is 0 Å². The lowest BCUT2D eigenvalue weighted by Gasteiger charge is -2.00. The third-order valence-corrected chi connectivity index (χ3v) is 1.95. The molecule has 0 atom stereocenters. The van der Waals surface area contributed by atoms with E-state index in [4.69, 9.17) is 5.26 Å². The Morgan fingerprint density at radius 3 is 2.17 bits per heavy atom. The molecule has 0 aliphatic heterocycles. The minimum Gasteiger partial charge on any atom is -0.191 e. The van der Waals surface area contributed by atoms with Crippen molar-refractivity contribution in [1.82, 2.24) is 0 Å². The van der Waals surface area contributed by atoms with E-state index in [1.54, 1.807) is 0 Å². The first kappa shape index (κ1) is 8.73. The monoisotopic (exact) mass is 161 g/mol. The molecule has 2 heteroatoms. The smallest absolute Gasteiger partial charge is 0.191 e. The van der Waals surface area contributed by atoms with Gasteiger partial charge in [-0.3, -0.25) is 0 Å². The van der Waals surface area contributed by atoms with Crippen molar-refractivity contribution in [2.75, 3.05) is 0 Å². The fourth-order valence-corrected chi connectivity index (χ4v) is 1.45. The van der Waals surface area contributed by atoms with Crippen LogP contribution < -0.4 is 4.57 Å². The van der Waals surface area contributed by atoms with Gasteiger partial charge < -0.3 is 0 Å². The standard InChI is InChI=1S/C10H13N2/c1-8-6-9(2)12(5-4-11)10(3)7-8/h6-7H,5H2,1-3H3/q+1. The SMILES string of the molecule is Cc1cc(C)[n+](CC#N)c(C)c1. The molecule has 0 unspecified atom stereocenters. The van der Waals surface area contributed by atoms with Crippen molar-refractivity contribution < 1.29 is 4.57 Å². The van der Waals surface area contributed by atoms with Gasteiger partial charge in [0.05, 0.1) is 0 Å². The highest BCUT2D eigenvalue weighted by molar-refractivity contribution is 5.13. The predicted octanol–water partition coefficient (Wildman–Crippen LogP) is 1.42. The second-order valence-electron chi connectivity index (χ2n) is 3.06. The summed E-state index contributed by atoms with van der Waals surface area (Å²) in [5, 5.41) is 8.57. The normalized spacial score (nSPS) is 9.50. The maximum atomic E-state index is 8.57. The summed E-state index contributed by atoms with van der Waals surface area (Å²) in [6.45, 7) is 6.56. The molecule has 1 rings (SSSR count). The number of pyridine rings is 1. The Kier molecular flexibility index (Phi) is 2.44. The third-order valence-electron chi connectivity index (χ3n) is 1.95. The number of aromatic nitrogens is 1. The van der Waals surface area contributed by atoms with Crippen molar-refractivity contribution in [2.45, 2.75) is 27.3 Å². The minimum absolute atomic E-state index is 0.442. The Morgan fingerprint density at radius 2 is 1.75 bits per heavy atom. The van der Waals surface area contributed by atoms with Crippen LogP contribution >= 0.6 is 0 Å². The summed E-state index contributed by atoms with van der Waals surface area (Å²) in [6, 6.07) is 6.32. The highest BCUT2D eigenvalue weighted by Gasteiger charge is 2.09. The Hall–Kier alpha value is -1.36. The molecule has 1 heterocycles. The van der Waals surface area contributed by atoms with Gasteiger partial charge in [-0.25, -0.2) is 0 Å². The van der Waals surface area contributed by atoms with Crippen molar-refractivity contribution in [3.63, 3.8) is 0 Å². The minimum atomic E-state index is 0.442. The molecule has 0 spiro atoms. The average Bonchev–Trinajstić information content (AvgIpc) is 1.96. The first-order valence-electron chi connectivity index (χ1n) is 4.00. The summed E-state index contributed by atoms with van der Waals surface area (Å²) in [5.41, 5.74) is 3.54. The largest absolute Gasteiger partial charge is 0.234 e. The van der Waals surface area contributed by atoms with Crippen molar-refractivity contribution in [3.05, 3.63) is 29.1 Å². The van der Waals surface area contributed by atoms with Gasteiger partial charge >= 0.3 is 0 Å². The van der Waals surface area contributed by atoms with E-state index in [0.717, 1.165) is 11.4 Å². The Bertz CT molecular complexity index is 311. The molecule has 0 N–H and O–H groups in total. The average molecular weight is 161 g/mol. The molecule has 1 aromatic heterocycles. The van der Waals surface area contributed by atoms with Gasteiger partial charge in [0.2, 0.25) is 6.54 Å². The van der Waals surface area contributed by atoms with Crippen molar-refractivity contribution in [3.8, 4) is 6.07 Å². The lowest BCUT2D eigenvalue weighted by atomic mass is 10.2. The molecule has 62 valence electrons. The van der Waals surface area contributed by atoms with Crippen LogP contribution in [-0.4, -0.2) is 0 Å². The van der Waals surface area contributed by atoms with E-state index in [2.05, 4.69) is 25.1 Å². The van der Waals surface area contributed by atoms with Crippen LogP contribution in [0.15, 0.2) is 12.1 Å². The number of nitriles is 1. The van der Waals surface area contributed by atoms with Gasteiger partial charge in [0.1, 0.15) is 6.07 Å². The van der Waals surface area contributed by atoms with E-state index in [0.29, 0.717) is 6.54 Å². The van der Waals surface area contributed by atoms with Gasteiger partial charge in [0.25, 0.3) is 0 Å². The lowest BCUT2D eigenvalue weighted by Crippen LogP contribution is -2.39. The van der Waals surface area contributed by atoms with E-state index in [1.165, 1.54) is 5.56 Å². The summed E-state index contributed by atoms with van der Waals surface area (Å²) in [6.07, 6.45) is 0. The summed E-state index contributed by atoms with van der Waals surface area (Å²) >= 11 is 0. The molecule has 1 aromatic rings. The third kappa shape index (κ3) is 1.62. The van der Waals surface area contributed by atoms with E-state index >= 15 is 0 Å². The van der Waals surface area contributed by atoms with Gasteiger partial charge in [-0.15, -0.1) is 0 Å². The first-order valence-corrected chi connectivity index (χ1v) is 4.00. The molecule has 0 aliphatic carbocycles. The number of hydrogen-bond acceptors (Lipinski definition) is 1. The molecule has 0 fully saturated rings. The van der Waals surface area contributed by atoms with Crippen LogP contribution in [0.3, 0.4) is 0 Å². The molecule has 0 amide bonds. The summed E-state index contributed by atoms with van der Waals surface area (Å²) in [4.78, 5) is 0. The molecular weight excluding hydrogens is 148 g/mol. The highest BCUT2D eigenvalue weighted by Crippen LogP contribution is 2.00. The van der Waals surface area contributed by atoms with Crippen LogP contribution in [-0.2, 0) is 6.54 Å². The van der Waals surface area contributed by atoms with Crippen LogP contribution in [0.25, 0.3) is 0 Å². The predicted molar refractivity (Wildman–Crippen MR) is 46.5 cm³/mol. The van der Waals surface area contributed by atoms with Crippen molar-refractivity contribution in [2.24, 2.45) is 0 Å². The Morgan fingerprint density at radius 1 is 1.25 bits per heavy atom. The lowest BCUT2D eigenvalue weighted by molar-refractivity contribution is -0.697. The molecule has 0 aliphatic rings. The summed E-state index contributed by atoms with van der Waals surface area (Å²) in [5.74, 6) is 0. The van der Waals surface area contributed by atoms with Crippen LogP contribution in [0, 0.1) is 32.1 Å². The van der Waals surface area contributed by atoms with Gasteiger partial charge in [-0.2, -0.15) is 9.83 Å². The Labute approximate surface area is 73.1 Å². The first-order chi connectivity index (χ1) is 5.65. The molecule has 0 radical (unpaired) electrons. The van der Waals surface area contributed by atoms with Crippen molar-refractivity contribution >= 4 is 0 Å². The zero-order chi connectivity index (χ0) is 9.14. The molecular formula is C10H13N2+. The zero-order valence-corrected chi connectivity index (χ0v) is 7.76. The number of aryl methyl sites for hydroxylation is 3. The molecule has 0 saturated heterocycles. The summed E-state index contributed by atoms with van der Waals surface area (Å²) < 4.78 is 2.01. The van der Waals surface area contributed by atoms with Gasteiger partial charge in [0.15, 0.2) is 11.4 Å². The maximum absolute atomic E-state index is 8.57. The van der Waals surface area contributed by atoms with Gasteiger partial charge in [-0.05, 0) is 12.5 Å². The topological polar surface area (TPSA) is 27.7 Å². The Balaban J connectivity index is 3.21. The molecule has 0 saturated carbocycles. The van der Waals surface area contributed by atoms with E-state index < -0.39 is 0 Å². The molecule has 0 bridgehead atoms. The number of nitrogens with zero attached hydrogens (tertiary/aromatic N) is 2. The molecule has 2 nitrogen and oxygen atoms in total. The van der Waals surface area contributed by atoms with Crippen LogP contribution in [0.4, 0.5) is 0 Å². The number of rotatable bonds is 1. The zero-order valence-electron chi connectivity index (χ0n) is 7.76. The van der Waals surface area contributed by atoms with Gasteiger partial charge in [0, 0.05) is 26.0 Å². The fraction of sp³-hybridized carbons (Fsp3) is 0.400. The van der Waals surface area contributed by atoms with Gasteiger partial charge in [-0.1, -0.05) is 0 Å². The van der Waals surface area contributed by atoms with Crippen LogP contribution in [0.5, 0.6) is 0 Å². The highest BCUT2D eigenvalue weighted by atomic mass is 15.0. The van der Waals surface area contributed by atoms with Crippen molar-refractivity contribution in [1.29, 1.82) is 5.26 Å². The van der Waals surface area contributed by atoms with Crippen LogP contribution in [0.2, 0.25) is 0 Å². The van der Waals surface area contributed by atoms with Crippen LogP contribution in [0.1, 0.15) is 17.0 Å². The number of hydrogen-bond donors (Lipinski definition) is 0. The molecule has 0 aromatic carbocycles. The fourth-order valence-electron chi connectivity index (χ4n) is 1.45. The quantitative estimate of drug-likeness (QED) is 0.572. The maximum Gasteiger partial charge on any atom is 0.234 e. The summed E-state index contributed by atoms with van der Waals surface area (Å²) in [7, 11) is 0. The second kappa shape index (κ2) is 3.36. The second-order valence-corrected chi connectivity index (χ2v) is 3.06. The molecule has 12 heavy (non-hydrogen) atoms. The van der Waals surface area contributed by atoms with E-state index in [-0.39, 0.29) is 0 Å².